The van der Waals surface area contributed by atoms with E-state index in [-0.39, 0.29) is 17.2 Å². The standard InChI is InChI=1S/C14H19N5O/c1-14(2,3)10-7-11(15)19(18-10)13-16-9-6-4-5-8(9)12(20)17-13/h7-8H,4-6,15H2,1-3H3. The lowest BCUT2D eigenvalue weighted by Crippen LogP contribution is -2.28. The summed E-state index contributed by atoms with van der Waals surface area (Å²) >= 11 is 0. The van der Waals surface area contributed by atoms with Crippen molar-refractivity contribution in [2.24, 2.45) is 15.9 Å². The molecule has 1 saturated carbocycles. The van der Waals surface area contributed by atoms with Crippen LogP contribution >= 0.6 is 0 Å². The molecular formula is C14H19N5O. The number of hydrogen-bond donors (Lipinski definition) is 1. The van der Waals surface area contributed by atoms with Crippen LogP contribution in [-0.2, 0) is 10.2 Å². The molecule has 0 aromatic carbocycles. The first-order chi connectivity index (χ1) is 9.36. The quantitative estimate of drug-likeness (QED) is 0.781. The Hall–Kier alpha value is -1.98. The van der Waals surface area contributed by atoms with Crippen molar-refractivity contribution >= 4 is 23.4 Å². The Balaban J connectivity index is 2.02. The van der Waals surface area contributed by atoms with Crippen LogP contribution in [0.25, 0.3) is 0 Å². The van der Waals surface area contributed by atoms with Crippen molar-refractivity contribution in [3.8, 4) is 0 Å². The Morgan fingerprint density at radius 2 is 2.10 bits per heavy atom. The summed E-state index contributed by atoms with van der Waals surface area (Å²) in [5.41, 5.74) is 7.66. The summed E-state index contributed by atoms with van der Waals surface area (Å²) in [5.74, 6) is 0.533. The third kappa shape index (κ3) is 2.05. The van der Waals surface area contributed by atoms with Crippen LogP contribution in [0.15, 0.2) is 16.1 Å². The second-order valence-electron chi connectivity index (χ2n) is 6.41. The largest absolute Gasteiger partial charge is 0.383 e. The summed E-state index contributed by atoms with van der Waals surface area (Å²) in [7, 11) is 0. The number of carbonyl (C=O) groups is 1. The first-order valence-electron chi connectivity index (χ1n) is 6.92. The van der Waals surface area contributed by atoms with Crippen LogP contribution in [0.5, 0.6) is 0 Å². The first-order valence-corrected chi connectivity index (χ1v) is 6.92. The van der Waals surface area contributed by atoms with Crippen molar-refractivity contribution in [3.63, 3.8) is 0 Å². The van der Waals surface area contributed by atoms with E-state index in [1.807, 2.05) is 6.07 Å². The number of hydrogen-bond acceptors (Lipinski definition) is 4. The fraction of sp³-hybridized carbons (Fsp3) is 0.571. The van der Waals surface area contributed by atoms with Gasteiger partial charge in [0.05, 0.1) is 11.6 Å². The highest BCUT2D eigenvalue weighted by molar-refractivity contribution is 6.16. The zero-order valence-corrected chi connectivity index (χ0v) is 12.1. The molecule has 3 rings (SSSR count). The Morgan fingerprint density at radius 3 is 2.75 bits per heavy atom. The molecule has 1 fully saturated rings. The number of nitrogen functional groups attached to an aromatic ring is 1. The summed E-state index contributed by atoms with van der Waals surface area (Å²) in [6.45, 7) is 6.18. The fourth-order valence-electron chi connectivity index (χ4n) is 2.57. The molecule has 1 unspecified atom stereocenters. The fourth-order valence-corrected chi connectivity index (χ4v) is 2.57. The predicted molar refractivity (Wildman–Crippen MR) is 78.0 cm³/mol. The van der Waals surface area contributed by atoms with Gasteiger partial charge in [-0.15, -0.1) is 0 Å². The number of nitrogens with two attached hydrogens (primary N) is 1. The predicted octanol–water partition coefficient (Wildman–Crippen LogP) is 1.75. The highest BCUT2D eigenvalue weighted by Gasteiger charge is 2.33. The molecule has 0 bridgehead atoms. The normalized spacial score (nSPS) is 22.6. The minimum atomic E-state index is -0.116. The molecule has 0 spiro atoms. The highest BCUT2D eigenvalue weighted by Crippen LogP contribution is 2.28. The molecule has 6 nitrogen and oxygen atoms in total. The Kier molecular flexibility index (Phi) is 2.77. The average Bonchev–Trinajstić information content (AvgIpc) is 2.94. The maximum atomic E-state index is 12.0. The summed E-state index contributed by atoms with van der Waals surface area (Å²) in [6.07, 6.45) is 2.72. The van der Waals surface area contributed by atoms with Crippen molar-refractivity contribution in [3.05, 3.63) is 11.8 Å². The number of nitrogens with zero attached hydrogens (tertiary/aromatic N) is 4. The highest BCUT2D eigenvalue weighted by atomic mass is 16.1. The molecule has 0 radical (unpaired) electrons. The van der Waals surface area contributed by atoms with Gasteiger partial charge in [0.15, 0.2) is 0 Å². The lowest BCUT2D eigenvalue weighted by molar-refractivity contribution is -0.119. The molecule has 2 heterocycles. The van der Waals surface area contributed by atoms with Crippen LogP contribution in [0.4, 0.5) is 5.82 Å². The van der Waals surface area contributed by atoms with Crippen LogP contribution in [0.2, 0.25) is 0 Å². The lowest BCUT2D eigenvalue weighted by Gasteiger charge is -2.15. The summed E-state index contributed by atoms with van der Waals surface area (Å²) in [4.78, 5) is 20.6. The molecule has 1 aliphatic carbocycles. The van der Waals surface area contributed by atoms with E-state index in [4.69, 9.17) is 5.73 Å². The van der Waals surface area contributed by atoms with Crippen molar-refractivity contribution in [1.29, 1.82) is 0 Å². The topological polar surface area (TPSA) is 85.6 Å². The SMILES string of the molecule is CC(C)(C)c1cc(N)n(C2=NC(=O)C3CCCC3=N2)n1. The van der Waals surface area contributed by atoms with E-state index in [0.29, 0.717) is 11.8 Å². The molecule has 20 heavy (non-hydrogen) atoms. The Labute approximate surface area is 117 Å². The number of fused-ring (bicyclic) bond motifs is 1. The number of aliphatic imine (C=N–C) groups is 2. The molecule has 2 aliphatic rings. The van der Waals surface area contributed by atoms with Crippen molar-refractivity contribution in [2.75, 3.05) is 5.73 Å². The number of amides is 1. The maximum absolute atomic E-state index is 12.0. The van der Waals surface area contributed by atoms with Crippen molar-refractivity contribution < 1.29 is 4.79 Å². The molecule has 6 heteroatoms. The van der Waals surface area contributed by atoms with Gasteiger partial charge in [-0.3, -0.25) is 4.79 Å². The van der Waals surface area contributed by atoms with Crippen LogP contribution in [0.3, 0.4) is 0 Å². The van der Waals surface area contributed by atoms with Crippen LogP contribution in [0.1, 0.15) is 45.7 Å². The molecule has 0 saturated heterocycles. The van der Waals surface area contributed by atoms with Crippen LogP contribution < -0.4 is 5.73 Å². The zero-order chi connectivity index (χ0) is 14.5. The molecule has 1 amide bonds. The van der Waals surface area contributed by atoms with Gasteiger partial charge in [0.2, 0.25) is 0 Å². The maximum Gasteiger partial charge on any atom is 0.257 e. The van der Waals surface area contributed by atoms with Gasteiger partial charge in [-0.25, -0.2) is 4.99 Å². The van der Waals surface area contributed by atoms with Gasteiger partial charge < -0.3 is 5.73 Å². The van der Waals surface area contributed by atoms with Gasteiger partial charge in [0, 0.05) is 17.2 Å². The van der Waals surface area contributed by atoms with E-state index < -0.39 is 0 Å². The van der Waals surface area contributed by atoms with Gasteiger partial charge in [0.1, 0.15) is 5.82 Å². The molecule has 1 aromatic heterocycles. The lowest BCUT2D eigenvalue weighted by atomic mass is 9.92. The van der Waals surface area contributed by atoms with Crippen molar-refractivity contribution in [1.82, 2.24) is 9.78 Å². The second-order valence-corrected chi connectivity index (χ2v) is 6.41. The summed E-state index contributed by atoms with van der Waals surface area (Å²) in [5, 5.41) is 4.45. The smallest absolute Gasteiger partial charge is 0.257 e. The molecule has 106 valence electrons. The van der Waals surface area contributed by atoms with Gasteiger partial charge in [-0.2, -0.15) is 14.8 Å². The third-order valence-corrected chi connectivity index (χ3v) is 3.77. The Morgan fingerprint density at radius 1 is 1.35 bits per heavy atom. The molecule has 2 N–H and O–H groups in total. The van der Waals surface area contributed by atoms with E-state index in [1.165, 1.54) is 4.68 Å². The van der Waals surface area contributed by atoms with E-state index in [9.17, 15) is 4.79 Å². The third-order valence-electron chi connectivity index (χ3n) is 3.77. The number of anilines is 1. The number of rotatable bonds is 0. The minimum absolute atomic E-state index is 0.109. The van der Waals surface area contributed by atoms with E-state index in [1.54, 1.807) is 0 Å². The van der Waals surface area contributed by atoms with Crippen molar-refractivity contribution in [2.45, 2.75) is 45.4 Å². The minimum Gasteiger partial charge on any atom is -0.383 e. The van der Waals surface area contributed by atoms with Gasteiger partial charge in [0.25, 0.3) is 11.9 Å². The summed E-state index contributed by atoms with van der Waals surface area (Å²) < 4.78 is 1.47. The first kappa shape index (κ1) is 13.0. The van der Waals surface area contributed by atoms with E-state index in [2.05, 4.69) is 35.9 Å². The Bertz CT molecular complexity index is 632. The van der Waals surface area contributed by atoms with Crippen LogP contribution in [0, 0.1) is 5.92 Å². The molecular weight excluding hydrogens is 254 g/mol. The summed E-state index contributed by atoms with van der Waals surface area (Å²) in [6, 6.07) is 1.81. The van der Waals surface area contributed by atoms with Crippen LogP contribution in [-0.4, -0.2) is 27.4 Å². The average molecular weight is 273 g/mol. The van der Waals surface area contributed by atoms with Gasteiger partial charge >= 0.3 is 0 Å². The molecule has 1 aromatic rings. The van der Waals surface area contributed by atoms with E-state index >= 15 is 0 Å². The van der Waals surface area contributed by atoms with Gasteiger partial charge in [-0.1, -0.05) is 20.8 Å². The molecule has 1 atom stereocenters. The number of aromatic nitrogens is 2. The monoisotopic (exact) mass is 273 g/mol. The van der Waals surface area contributed by atoms with Gasteiger partial charge in [-0.05, 0) is 19.3 Å². The van der Waals surface area contributed by atoms with E-state index in [0.717, 1.165) is 30.7 Å². The zero-order valence-electron chi connectivity index (χ0n) is 12.1. The second kappa shape index (κ2) is 4.26. The molecule has 1 aliphatic heterocycles. The number of carbonyl (C=O) groups excluding carboxylic acids is 1.